The molecule has 0 heterocycles. The lowest BCUT2D eigenvalue weighted by molar-refractivity contribution is -0.360. The first-order valence-electron chi connectivity index (χ1n) is 4.10. The molecular weight excluding hydrogens is 273 g/mol. The number of hydrogen-bond donors (Lipinski definition) is 0. The number of rotatable bonds is 2. The van der Waals surface area contributed by atoms with Crippen molar-refractivity contribution in [2.24, 2.45) is 0 Å². The summed E-state index contributed by atoms with van der Waals surface area (Å²) in [5.74, 6) is -11.6. The smallest absolute Gasteiger partial charge is 0.194 e. The summed E-state index contributed by atoms with van der Waals surface area (Å²) >= 11 is 4.31. The average Bonchev–Trinajstić information content (AvgIpc) is 2.16. The number of halogens is 7. The van der Waals surface area contributed by atoms with Crippen molar-refractivity contribution in [3.63, 3.8) is 0 Å². The van der Waals surface area contributed by atoms with E-state index in [0.29, 0.717) is 6.07 Å². The maximum atomic E-state index is 13.2. The molecule has 0 aliphatic rings. The summed E-state index contributed by atoms with van der Waals surface area (Å²) in [6, 6.07) is 3.37. The van der Waals surface area contributed by atoms with Crippen LogP contribution < -0.4 is 0 Å². The first-order valence-corrected chi connectivity index (χ1v) is 4.51. The van der Waals surface area contributed by atoms with Gasteiger partial charge in [0.1, 0.15) is 0 Å². The third-order valence-corrected chi connectivity index (χ3v) is 2.33. The van der Waals surface area contributed by atoms with Crippen molar-refractivity contribution >= 4 is 12.6 Å². The highest BCUT2D eigenvalue weighted by Crippen LogP contribution is 2.52. The highest BCUT2D eigenvalue weighted by Gasteiger charge is 2.73. The lowest BCUT2D eigenvalue weighted by atomic mass is 10.0. The van der Waals surface area contributed by atoms with Crippen LogP contribution in [0.5, 0.6) is 0 Å². The lowest BCUT2D eigenvalue weighted by Gasteiger charge is -2.28. The Bertz CT molecular complexity index is 410. The molecule has 0 atom stereocenters. The van der Waals surface area contributed by atoms with Crippen LogP contribution in [-0.2, 0) is 5.92 Å². The van der Waals surface area contributed by atoms with E-state index in [0.717, 1.165) is 18.2 Å². The van der Waals surface area contributed by atoms with Crippen molar-refractivity contribution in [3.05, 3.63) is 29.8 Å². The van der Waals surface area contributed by atoms with Gasteiger partial charge < -0.3 is 0 Å². The quantitative estimate of drug-likeness (QED) is 0.696. The van der Waals surface area contributed by atoms with Crippen LogP contribution in [0.15, 0.2) is 29.2 Å². The minimum Gasteiger partial charge on any atom is -0.194 e. The van der Waals surface area contributed by atoms with Crippen LogP contribution in [0.1, 0.15) is 5.56 Å². The van der Waals surface area contributed by atoms with Gasteiger partial charge in [0.15, 0.2) is 0 Å². The van der Waals surface area contributed by atoms with Crippen LogP contribution in [-0.4, -0.2) is 12.1 Å². The SMILES string of the molecule is FC(F)(F)C(F)(F)C(F)(F)c1ccccc1[S]. The monoisotopic (exact) mass is 277 g/mol. The Morgan fingerprint density at radius 3 is 1.71 bits per heavy atom. The van der Waals surface area contributed by atoms with Gasteiger partial charge in [0.25, 0.3) is 0 Å². The van der Waals surface area contributed by atoms with E-state index in [1.54, 1.807) is 0 Å². The predicted molar refractivity (Wildman–Crippen MR) is 47.2 cm³/mol. The van der Waals surface area contributed by atoms with Crippen molar-refractivity contribution < 1.29 is 30.7 Å². The fraction of sp³-hybridized carbons (Fsp3) is 0.333. The molecule has 1 aromatic carbocycles. The van der Waals surface area contributed by atoms with E-state index in [9.17, 15) is 30.7 Å². The third-order valence-electron chi connectivity index (χ3n) is 1.98. The molecule has 0 aliphatic heterocycles. The van der Waals surface area contributed by atoms with Gasteiger partial charge in [0.2, 0.25) is 0 Å². The van der Waals surface area contributed by atoms with Gasteiger partial charge in [-0.1, -0.05) is 30.8 Å². The molecule has 1 aromatic rings. The molecule has 0 saturated heterocycles. The van der Waals surface area contributed by atoms with E-state index in [1.807, 2.05) is 0 Å². The largest absolute Gasteiger partial charge is 0.460 e. The maximum absolute atomic E-state index is 13.2. The topological polar surface area (TPSA) is 0 Å². The highest BCUT2D eigenvalue weighted by atomic mass is 32.1. The summed E-state index contributed by atoms with van der Waals surface area (Å²) in [5.41, 5.74) is -1.52. The van der Waals surface area contributed by atoms with E-state index < -0.39 is 28.5 Å². The van der Waals surface area contributed by atoms with Gasteiger partial charge in [-0.15, -0.1) is 0 Å². The van der Waals surface area contributed by atoms with Crippen LogP contribution in [0.2, 0.25) is 0 Å². The van der Waals surface area contributed by atoms with Crippen molar-refractivity contribution in [1.82, 2.24) is 0 Å². The molecule has 8 heteroatoms. The van der Waals surface area contributed by atoms with E-state index in [4.69, 9.17) is 0 Å². The van der Waals surface area contributed by atoms with E-state index in [-0.39, 0.29) is 0 Å². The first kappa shape index (κ1) is 14.0. The molecule has 0 amide bonds. The normalized spacial score (nSPS) is 13.8. The zero-order chi connectivity index (χ0) is 13.5. The molecule has 1 radical (unpaired) electrons. The van der Waals surface area contributed by atoms with E-state index in [1.165, 1.54) is 0 Å². The van der Waals surface area contributed by atoms with E-state index >= 15 is 0 Å². The van der Waals surface area contributed by atoms with Crippen molar-refractivity contribution in [3.8, 4) is 0 Å². The maximum Gasteiger partial charge on any atom is 0.460 e. The summed E-state index contributed by atoms with van der Waals surface area (Å²) in [6.45, 7) is 0. The number of alkyl halides is 7. The van der Waals surface area contributed by atoms with Crippen molar-refractivity contribution in [1.29, 1.82) is 0 Å². The lowest BCUT2D eigenvalue weighted by Crippen LogP contribution is -2.50. The fourth-order valence-corrected chi connectivity index (χ4v) is 1.35. The second-order valence-corrected chi connectivity index (χ2v) is 3.58. The number of hydrogen-bond acceptors (Lipinski definition) is 0. The molecule has 1 rings (SSSR count). The molecule has 17 heavy (non-hydrogen) atoms. The van der Waals surface area contributed by atoms with Gasteiger partial charge in [-0.2, -0.15) is 30.7 Å². The zero-order valence-electron chi connectivity index (χ0n) is 7.86. The first-order chi connectivity index (χ1) is 7.52. The second-order valence-electron chi connectivity index (χ2n) is 3.14. The molecule has 0 N–H and O–H groups in total. The van der Waals surface area contributed by atoms with Gasteiger partial charge in [0.05, 0.1) is 0 Å². The zero-order valence-corrected chi connectivity index (χ0v) is 8.68. The van der Waals surface area contributed by atoms with Crippen LogP contribution in [0.3, 0.4) is 0 Å². The van der Waals surface area contributed by atoms with Crippen molar-refractivity contribution in [2.75, 3.05) is 0 Å². The Morgan fingerprint density at radius 2 is 1.29 bits per heavy atom. The van der Waals surface area contributed by atoms with Gasteiger partial charge in [-0.25, -0.2) is 0 Å². The standard InChI is InChI=1S/C9H4F7S/c10-7(11,8(12,13)9(14,15)16)5-3-1-2-4-6(5)17/h1-4H. The van der Waals surface area contributed by atoms with Gasteiger partial charge in [0, 0.05) is 10.5 Å². The van der Waals surface area contributed by atoms with Crippen LogP contribution >= 0.6 is 12.6 Å². The van der Waals surface area contributed by atoms with Crippen LogP contribution in [0.4, 0.5) is 30.7 Å². The molecular formula is C9H4F7S. The Balaban J connectivity index is 3.34. The summed E-state index contributed by atoms with van der Waals surface area (Å²) in [7, 11) is 0. The minimum atomic E-state index is -6.35. The molecule has 0 aromatic heterocycles. The average molecular weight is 277 g/mol. The molecule has 0 aliphatic carbocycles. The summed E-state index contributed by atoms with van der Waals surface area (Å²) in [5, 5.41) is 0. The number of benzene rings is 1. The molecule has 0 nitrogen and oxygen atoms in total. The Kier molecular flexibility index (Phi) is 3.30. The van der Waals surface area contributed by atoms with Gasteiger partial charge >= 0.3 is 18.0 Å². The second kappa shape index (κ2) is 4.01. The van der Waals surface area contributed by atoms with Crippen LogP contribution in [0, 0.1) is 0 Å². The van der Waals surface area contributed by atoms with Crippen LogP contribution in [0.25, 0.3) is 0 Å². The third kappa shape index (κ3) is 2.18. The molecule has 95 valence electrons. The Labute approximate surface area is 96.8 Å². The molecule has 0 fully saturated rings. The van der Waals surface area contributed by atoms with Gasteiger partial charge in [-0.05, 0) is 6.07 Å². The highest BCUT2D eigenvalue weighted by molar-refractivity contribution is 7.80. The molecule has 0 bridgehead atoms. The summed E-state index contributed by atoms with van der Waals surface area (Å²) < 4.78 is 87.3. The van der Waals surface area contributed by atoms with Crippen molar-refractivity contribution in [2.45, 2.75) is 22.9 Å². The molecule has 0 unspecified atom stereocenters. The Morgan fingerprint density at radius 1 is 0.824 bits per heavy atom. The summed E-state index contributed by atoms with van der Waals surface area (Å²) in [4.78, 5) is -0.749. The fourth-order valence-electron chi connectivity index (χ4n) is 1.07. The predicted octanol–water partition coefficient (Wildman–Crippen LogP) is 4.53. The van der Waals surface area contributed by atoms with E-state index in [2.05, 4.69) is 12.6 Å². The minimum absolute atomic E-state index is 0.446. The summed E-state index contributed by atoms with van der Waals surface area (Å²) in [6.07, 6.45) is -6.35. The van der Waals surface area contributed by atoms with Gasteiger partial charge in [-0.3, -0.25) is 0 Å². The Hall–Kier alpha value is -1.05. The molecule has 0 spiro atoms. The molecule has 0 saturated carbocycles.